The molecule has 0 unspecified atom stereocenters. The van der Waals surface area contributed by atoms with E-state index in [1.165, 1.54) is 7.11 Å². The van der Waals surface area contributed by atoms with E-state index < -0.39 is 0 Å². The van der Waals surface area contributed by atoms with Gasteiger partial charge in [0.2, 0.25) is 0 Å². The third kappa shape index (κ3) is 2.02. The van der Waals surface area contributed by atoms with Gasteiger partial charge in [-0.3, -0.25) is 4.99 Å². The van der Waals surface area contributed by atoms with Crippen LogP contribution in [0.3, 0.4) is 0 Å². The highest BCUT2D eigenvalue weighted by Crippen LogP contribution is 2.19. The lowest BCUT2D eigenvalue weighted by molar-refractivity contribution is 0.126. The number of amides is 1. The van der Waals surface area contributed by atoms with Crippen LogP contribution in [0.15, 0.2) is 28.9 Å². The molecule has 1 aliphatic rings. The van der Waals surface area contributed by atoms with Crippen molar-refractivity contribution in [1.82, 2.24) is 4.90 Å². The summed E-state index contributed by atoms with van der Waals surface area (Å²) in [5.74, 6) is 0. The quantitative estimate of drug-likeness (QED) is 0.626. The maximum Gasteiger partial charge on any atom is 0.409 e. The van der Waals surface area contributed by atoms with E-state index in [9.17, 15) is 4.79 Å². The number of carbonyl (C=O) groups excluding carboxylic acids is 1. The number of carbonyl (C=O) groups is 1. The van der Waals surface area contributed by atoms with E-state index in [-0.39, 0.29) is 6.09 Å². The minimum atomic E-state index is -0.313. The summed E-state index contributed by atoms with van der Waals surface area (Å²) in [5.41, 5.74) is 1.86. The second kappa shape index (κ2) is 4.60. The predicted molar refractivity (Wildman–Crippen MR) is 55.4 cm³/mol. The molecule has 0 radical (unpaired) electrons. The Kier molecular flexibility index (Phi) is 3.45. The fourth-order valence-electron chi connectivity index (χ4n) is 1.43. The molecule has 0 fully saturated rings. The standard InChI is InChI=1S/C10H14N2O2/c1-4-8-7-12(10(13)14-3)6-5-9(8)11-2/h4H,1-2,5-7H2,3H3. The van der Waals surface area contributed by atoms with Gasteiger partial charge >= 0.3 is 6.09 Å². The Bertz CT molecular complexity index is 294. The molecule has 1 amide bonds. The van der Waals surface area contributed by atoms with Crippen molar-refractivity contribution in [2.45, 2.75) is 6.42 Å². The molecule has 0 bridgehead atoms. The largest absolute Gasteiger partial charge is 0.453 e. The number of rotatable bonds is 2. The zero-order valence-electron chi connectivity index (χ0n) is 8.32. The van der Waals surface area contributed by atoms with Crippen LogP contribution in [0.25, 0.3) is 0 Å². The topological polar surface area (TPSA) is 41.9 Å². The molecule has 0 atom stereocenters. The van der Waals surface area contributed by atoms with Crippen LogP contribution >= 0.6 is 0 Å². The molecule has 0 saturated heterocycles. The van der Waals surface area contributed by atoms with E-state index in [0.29, 0.717) is 19.5 Å². The summed E-state index contributed by atoms with van der Waals surface area (Å²) in [6, 6.07) is 0. The Morgan fingerprint density at radius 1 is 1.71 bits per heavy atom. The normalized spacial score (nSPS) is 16.5. The molecule has 1 rings (SSSR count). The number of nitrogens with zero attached hydrogens (tertiary/aromatic N) is 2. The summed E-state index contributed by atoms with van der Waals surface area (Å²) in [7, 11) is 1.38. The summed E-state index contributed by atoms with van der Waals surface area (Å²) in [6.07, 6.45) is 2.10. The molecule has 0 aromatic rings. The summed E-state index contributed by atoms with van der Waals surface area (Å²) >= 11 is 0. The van der Waals surface area contributed by atoms with Crippen LogP contribution in [0, 0.1) is 0 Å². The van der Waals surface area contributed by atoms with Crippen molar-refractivity contribution in [3.63, 3.8) is 0 Å². The predicted octanol–water partition coefficient (Wildman–Crippen LogP) is 1.60. The van der Waals surface area contributed by atoms with E-state index in [1.807, 2.05) is 0 Å². The number of hydrogen-bond acceptors (Lipinski definition) is 3. The van der Waals surface area contributed by atoms with Crippen LogP contribution < -0.4 is 0 Å². The van der Waals surface area contributed by atoms with Crippen LogP contribution in [0.5, 0.6) is 0 Å². The Labute approximate surface area is 83.6 Å². The molecule has 4 heteroatoms. The second-order valence-electron chi connectivity index (χ2n) is 2.98. The number of hydrogen-bond donors (Lipinski definition) is 0. The first-order chi connectivity index (χ1) is 6.72. The van der Waals surface area contributed by atoms with Crippen molar-refractivity contribution in [3.8, 4) is 0 Å². The molecular weight excluding hydrogens is 180 g/mol. The number of ether oxygens (including phenoxy) is 1. The van der Waals surface area contributed by atoms with Crippen molar-refractivity contribution in [3.05, 3.63) is 23.9 Å². The van der Waals surface area contributed by atoms with E-state index in [2.05, 4.69) is 23.0 Å². The minimum absolute atomic E-state index is 0.313. The van der Waals surface area contributed by atoms with E-state index in [0.717, 1.165) is 11.3 Å². The van der Waals surface area contributed by atoms with Crippen LogP contribution in [-0.4, -0.2) is 37.9 Å². The SMILES string of the molecule is C=CC1=C(N=C)CCN(C(=O)OC)C1. The molecule has 1 heterocycles. The number of aliphatic imine (C=N–C) groups is 1. The monoisotopic (exact) mass is 194 g/mol. The Morgan fingerprint density at radius 2 is 2.43 bits per heavy atom. The molecule has 0 aromatic heterocycles. The lowest BCUT2D eigenvalue weighted by Crippen LogP contribution is -2.36. The van der Waals surface area contributed by atoms with Crippen molar-refractivity contribution < 1.29 is 9.53 Å². The smallest absolute Gasteiger partial charge is 0.409 e. The molecule has 1 aliphatic heterocycles. The summed E-state index contributed by atoms with van der Waals surface area (Å²) in [5, 5.41) is 0. The summed E-state index contributed by atoms with van der Waals surface area (Å²) < 4.78 is 4.64. The summed E-state index contributed by atoms with van der Waals surface area (Å²) in [4.78, 5) is 16.7. The highest BCUT2D eigenvalue weighted by molar-refractivity contribution is 5.68. The van der Waals surface area contributed by atoms with Gasteiger partial charge in [0.25, 0.3) is 0 Å². The maximum absolute atomic E-state index is 11.2. The Balaban J connectivity index is 2.78. The average Bonchev–Trinajstić information content (AvgIpc) is 2.26. The van der Waals surface area contributed by atoms with Crippen molar-refractivity contribution in [2.24, 2.45) is 4.99 Å². The van der Waals surface area contributed by atoms with Crippen molar-refractivity contribution >= 4 is 12.8 Å². The van der Waals surface area contributed by atoms with Crippen molar-refractivity contribution in [2.75, 3.05) is 20.2 Å². The number of methoxy groups -OCH3 is 1. The van der Waals surface area contributed by atoms with Gasteiger partial charge in [0.05, 0.1) is 13.7 Å². The molecule has 4 nitrogen and oxygen atoms in total. The van der Waals surface area contributed by atoms with Gasteiger partial charge in [0, 0.05) is 18.7 Å². The van der Waals surface area contributed by atoms with E-state index in [1.54, 1.807) is 11.0 Å². The molecule has 0 spiro atoms. The van der Waals surface area contributed by atoms with Gasteiger partial charge in [-0.1, -0.05) is 12.7 Å². The average molecular weight is 194 g/mol. The van der Waals surface area contributed by atoms with Gasteiger partial charge in [-0.2, -0.15) is 0 Å². The van der Waals surface area contributed by atoms with E-state index in [4.69, 9.17) is 0 Å². The fraction of sp³-hybridized carbons (Fsp3) is 0.400. The first-order valence-electron chi connectivity index (χ1n) is 4.37. The molecular formula is C10H14N2O2. The van der Waals surface area contributed by atoms with Crippen LogP contribution in [0.2, 0.25) is 0 Å². The third-order valence-corrected chi connectivity index (χ3v) is 2.22. The minimum Gasteiger partial charge on any atom is -0.453 e. The Hall–Kier alpha value is -1.58. The van der Waals surface area contributed by atoms with Gasteiger partial charge in [0.1, 0.15) is 0 Å². The maximum atomic E-state index is 11.2. The molecule has 0 saturated carbocycles. The van der Waals surface area contributed by atoms with E-state index >= 15 is 0 Å². The van der Waals surface area contributed by atoms with Gasteiger partial charge in [0.15, 0.2) is 0 Å². The Morgan fingerprint density at radius 3 is 2.93 bits per heavy atom. The van der Waals surface area contributed by atoms with Crippen LogP contribution in [-0.2, 0) is 4.74 Å². The lowest BCUT2D eigenvalue weighted by atomic mass is 10.1. The zero-order chi connectivity index (χ0) is 10.6. The molecule has 0 aliphatic carbocycles. The molecule has 76 valence electrons. The highest BCUT2D eigenvalue weighted by atomic mass is 16.5. The van der Waals surface area contributed by atoms with Gasteiger partial charge in [-0.15, -0.1) is 0 Å². The highest BCUT2D eigenvalue weighted by Gasteiger charge is 2.21. The fourth-order valence-corrected chi connectivity index (χ4v) is 1.43. The first kappa shape index (κ1) is 10.5. The van der Waals surface area contributed by atoms with Crippen molar-refractivity contribution in [1.29, 1.82) is 0 Å². The van der Waals surface area contributed by atoms with Crippen LogP contribution in [0.4, 0.5) is 4.79 Å². The van der Waals surface area contributed by atoms with Crippen LogP contribution in [0.1, 0.15) is 6.42 Å². The van der Waals surface area contributed by atoms with Gasteiger partial charge in [-0.05, 0) is 12.3 Å². The third-order valence-electron chi connectivity index (χ3n) is 2.22. The molecule has 14 heavy (non-hydrogen) atoms. The zero-order valence-corrected chi connectivity index (χ0v) is 8.32. The first-order valence-corrected chi connectivity index (χ1v) is 4.37. The lowest BCUT2D eigenvalue weighted by Gasteiger charge is -2.26. The second-order valence-corrected chi connectivity index (χ2v) is 2.98. The summed E-state index contributed by atoms with van der Waals surface area (Å²) in [6.45, 7) is 8.29. The molecule has 0 aromatic carbocycles. The van der Waals surface area contributed by atoms with Gasteiger partial charge in [-0.25, -0.2) is 4.79 Å². The van der Waals surface area contributed by atoms with Gasteiger partial charge < -0.3 is 9.64 Å². The molecule has 0 N–H and O–H groups in total.